The Bertz CT molecular complexity index is 760. The maximum atomic E-state index is 11.9. The van der Waals surface area contributed by atoms with Gasteiger partial charge in [-0.25, -0.2) is 4.68 Å². The Morgan fingerprint density at radius 1 is 1.55 bits per heavy atom. The van der Waals surface area contributed by atoms with Gasteiger partial charge < -0.3 is 11.1 Å². The second kappa shape index (κ2) is 5.48. The number of fused-ring (bicyclic) bond motifs is 1. The molecule has 1 amide bonds. The molecule has 1 aliphatic heterocycles. The molecule has 0 bridgehead atoms. The van der Waals surface area contributed by atoms with Crippen LogP contribution >= 0.6 is 11.8 Å². The summed E-state index contributed by atoms with van der Waals surface area (Å²) in [7, 11) is 0. The molecule has 0 radical (unpaired) electrons. The third-order valence-corrected chi connectivity index (χ3v) is 4.11. The normalized spacial score (nSPS) is 17.3. The summed E-state index contributed by atoms with van der Waals surface area (Å²) in [6.07, 6.45) is 5.54. The summed E-state index contributed by atoms with van der Waals surface area (Å²) in [4.78, 5) is 16.3. The van der Waals surface area contributed by atoms with E-state index in [1.54, 1.807) is 15.6 Å². The third-order valence-electron chi connectivity index (χ3n) is 3.57. The van der Waals surface area contributed by atoms with Gasteiger partial charge >= 0.3 is 0 Å². The van der Waals surface area contributed by atoms with Gasteiger partial charge in [-0.2, -0.15) is 10.1 Å². The van der Waals surface area contributed by atoms with Crippen LogP contribution in [0.1, 0.15) is 25.5 Å². The molecule has 2 aromatic rings. The number of amides is 1. The van der Waals surface area contributed by atoms with Gasteiger partial charge in [0, 0.05) is 24.0 Å². The van der Waals surface area contributed by atoms with Gasteiger partial charge in [-0.05, 0) is 20.1 Å². The van der Waals surface area contributed by atoms with Crippen LogP contribution in [-0.2, 0) is 11.3 Å². The highest BCUT2D eigenvalue weighted by Gasteiger charge is 2.33. The van der Waals surface area contributed by atoms with Crippen LogP contribution in [0, 0.1) is 0 Å². The van der Waals surface area contributed by atoms with Crippen molar-refractivity contribution in [3.05, 3.63) is 29.2 Å². The molecule has 9 heteroatoms. The van der Waals surface area contributed by atoms with E-state index >= 15 is 0 Å². The molecule has 3 heterocycles. The van der Waals surface area contributed by atoms with Crippen molar-refractivity contribution < 1.29 is 4.79 Å². The molecule has 3 N–H and O–H groups in total. The van der Waals surface area contributed by atoms with Crippen LogP contribution in [0.25, 0.3) is 0 Å². The standard InChI is InChI=1S/C13H17N7OS/c1-4-19-6-8(5-15-19)10-9(11(14)21)7(2)16-12-17-13(22-3)18-20(10)12/h5-6,10H,4H2,1-3H3,(H2,14,21)(H,16,17,18)/t10-/m1/s1. The van der Waals surface area contributed by atoms with Crippen LogP contribution in [0.5, 0.6) is 0 Å². The molecule has 1 aliphatic rings. The predicted octanol–water partition coefficient (Wildman–Crippen LogP) is 0.991. The summed E-state index contributed by atoms with van der Waals surface area (Å²) in [5, 5.41) is 12.5. The van der Waals surface area contributed by atoms with Gasteiger partial charge in [0.05, 0.1) is 11.8 Å². The minimum atomic E-state index is -0.480. The maximum Gasteiger partial charge on any atom is 0.248 e. The lowest BCUT2D eigenvalue weighted by atomic mass is 9.98. The smallest absolute Gasteiger partial charge is 0.248 e. The molecule has 0 saturated carbocycles. The lowest BCUT2D eigenvalue weighted by molar-refractivity contribution is -0.115. The number of aromatic nitrogens is 5. The SMILES string of the molecule is CCn1cc([C@@H]2C(C(N)=O)=C(C)Nc3nc(SC)nn32)cn1. The molecule has 0 aromatic carbocycles. The fourth-order valence-electron chi connectivity index (χ4n) is 2.54. The number of aryl methyl sites for hydroxylation is 1. The van der Waals surface area contributed by atoms with Gasteiger partial charge in [0.25, 0.3) is 0 Å². The third kappa shape index (κ3) is 2.27. The lowest BCUT2D eigenvalue weighted by Crippen LogP contribution is -2.31. The lowest BCUT2D eigenvalue weighted by Gasteiger charge is -2.26. The Labute approximate surface area is 131 Å². The first-order chi connectivity index (χ1) is 10.5. The van der Waals surface area contributed by atoms with Crippen LogP contribution in [0.15, 0.2) is 28.8 Å². The molecule has 0 saturated heterocycles. The number of primary amides is 1. The number of carbonyl (C=O) groups is 1. The molecule has 0 unspecified atom stereocenters. The molecule has 2 aromatic heterocycles. The number of hydrogen-bond acceptors (Lipinski definition) is 6. The first-order valence-electron chi connectivity index (χ1n) is 6.85. The monoisotopic (exact) mass is 319 g/mol. The minimum absolute atomic E-state index is 0.414. The summed E-state index contributed by atoms with van der Waals surface area (Å²) in [5.74, 6) is 0.118. The van der Waals surface area contributed by atoms with E-state index in [9.17, 15) is 4.79 Å². The van der Waals surface area contributed by atoms with Gasteiger partial charge in [-0.15, -0.1) is 5.10 Å². The summed E-state index contributed by atoms with van der Waals surface area (Å²) in [5.41, 5.74) is 7.61. The number of carbonyl (C=O) groups excluding carboxylic acids is 1. The Kier molecular flexibility index (Phi) is 3.65. The van der Waals surface area contributed by atoms with Crippen LogP contribution in [-0.4, -0.2) is 36.7 Å². The molecule has 0 fully saturated rings. The fraction of sp³-hybridized carbons (Fsp3) is 0.385. The number of rotatable bonds is 4. The summed E-state index contributed by atoms with van der Waals surface area (Å²) >= 11 is 1.44. The van der Waals surface area contributed by atoms with E-state index in [2.05, 4.69) is 20.5 Å². The molecule has 0 aliphatic carbocycles. The molecule has 116 valence electrons. The van der Waals surface area contributed by atoms with Gasteiger partial charge in [0.15, 0.2) is 0 Å². The highest BCUT2D eigenvalue weighted by atomic mass is 32.2. The highest BCUT2D eigenvalue weighted by Crippen LogP contribution is 2.35. The van der Waals surface area contributed by atoms with E-state index in [0.29, 0.717) is 22.4 Å². The Hall–Kier alpha value is -2.29. The van der Waals surface area contributed by atoms with Crippen molar-refractivity contribution in [2.24, 2.45) is 5.73 Å². The zero-order valence-corrected chi connectivity index (χ0v) is 13.4. The molecule has 22 heavy (non-hydrogen) atoms. The number of nitrogens with two attached hydrogens (primary N) is 1. The van der Waals surface area contributed by atoms with E-state index in [4.69, 9.17) is 5.73 Å². The molecular formula is C13H17N7OS. The van der Waals surface area contributed by atoms with Crippen molar-refractivity contribution in [2.45, 2.75) is 31.6 Å². The molecule has 1 atom stereocenters. The van der Waals surface area contributed by atoms with Crippen LogP contribution in [0.4, 0.5) is 5.95 Å². The second-order valence-electron chi connectivity index (χ2n) is 4.93. The Morgan fingerprint density at radius 3 is 2.91 bits per heavy atom. The van der Waals surface area contributed by atoms with Crippen LogP contribution < -0.4 is 11.1 Å². The van der Waals surface area contributed by atoms with E-state index in [0.717, 1.165) is 12.1 Å². The van der Waals surface area contributed by atoms with E-state index in [1.807, 2.05) is 26.3 Å². The highest BCUT2D eigenvalue weighted by molar-refractivity contribution is 7.98. The number of anilines is 1. The summed E-state index contributed by atoms with van der Waals surface area (Å²) < 4.78 is 3.49. The maximum absolute atomic E-state index is 11.9. The van der Waals surface area contributed by atoms with Crippen molar-refractivity contribution in [3.63, 3.8) is 0 Å². The fourth-order valence-corrected chi connectivity index (χ4v) is 2.89. The zero-order chi connectivity index (χ0) is 15.9. The van der Waals surface area contributed by atoms with Crippen molar-refractivity contribution >= 4 is 23.6 Å². The van der Waals surface area contributed by atoms with Crippen molar-refractivity contribution in [3.8, 4) is 0 Å². The minimum Gasteiger partial charge on any atom is -0.366 e. The molecular weight excluding hydrogens is 302 g/mol. The Balaban J connectivity index is 2.17. The first kappa shape index (κ1) is 14.6. The average Bonchev–Trinajstić information content (AvgIpc) is 3.11. The van der Waals surface area contributed by atoms with E-state index in [-0.39, 0.29) is 0 Å². The number of nitrogens with one attached hydrogen (secondary N) is 1. The van der Waals surface area contributed by atoms with Crippen LogP contribution in [0.3, 0.4) is 0 Å². The summed E-state index contributed by atoms with van der Waals surface area (Å²) in [6.45, 7) is 4.57. The second-order valence-corrected chi connectivity index (χ2v) is 5.70. The quantitative estimate of drug-likeness (QED) is 0.815. The largest absolute Gasteiger partial charge is 0.366 e. The van der Waals surface area contributed by atoms with Gasteiger partial charge in [-0.3, -0.25) is 9.48 Å². The van der Waals surface area contributed by atoms with Gasteiger partial charge in [0.2, 0.25) is 17.0 Å². The number of nitrogens with zero attached hydrogens (tertiary/aromatic N) is 5. The van der Waals surface area contributed by atoms with Crippen molar-refractivity contribution in [2.75, 3.05) is 11.6 Å². The zero-order valence-electron chi connectivity index (χ0n) is 12.6. The predicted molar refractivity (Wildman–Crippen MR) is 83.4 cm³/mol. The van der Waals surface area contributed by atoms with Crippen LogP contribution in [0.2, 0.25) is 0 Å². The van der Waals surface area contributed by atoms with E-state index < -0.39 is 11.9 Å². The Morgan fingerprint density at radius 2 is 2.32 bits per heavy atom. The van der Waals surface area contributed by atoms with Gasteiger partial charge in [0.1, 0.15) is 6.04 Å². The van der Waals surface area contributed by atoms with Gasteiger partial charge in [-0.1, -0.05) is 11.8 Å². The summed E-state index contributed by atoms with van der Waals surface area (Å²) in [6, 6.07) is -0.414. The number of allylic oxidation sites excluding steroid dienone is 1. The van der Waals surface area contributed by atoms with E-state index in [1.165, 1.54) is 11.8 Å². The topological polar surface area (TPSA) is 104 Å². The molecule has 8 nitrogen and oxygen atoms in total. The molecule has 0 spiro atoms. The first-order valence-corrected chi connectivity index (χ1v) is 8.08. The number of thioether (sulfide) groups is 1. The molecule has 3 rings (SSSR count). The van der Waals surface area contributed by atoms with Crippen molar-refractivity contribution in [1.82, 2.24) is 24.5 Å². The van der Waals surface area contributed by atoms with Crippen molar-refractivity contribution in [1.29, 1.82) is 0 Å². The number of hydrogen-bond donors (Lipinski definition) is 2. The average molecular weight is 319 g/mol.